The zero-order valence-electron chi connectivity index (χ0n) is 15.0. The summed E-state index contributed by atoms with van der Waals surface area (Å²) in [7, 11) is 0. The van der Waals surface area contributed by atoms with Crippen molar-refractivity contribution in [2.75, 3.05) is 6.61 Å². The van der Waals surface area contributed by atoms with Crippen LogP contribution in [0.4, 0.5) is 0 Å². The molecule has 0 amide bonds. The molecule has 0 saturated heterocycles. The van der Waals surface area contributed by atoms with E-state index in [1.54, 1.807) is 0 Å². The summed E-state index contributed by atoms with van der Waals surface area (Å²) >= 11 is 0. The highest BCUT2D eigenvalue weighted by atomic mass is 16.6. The minimum Gasteiger partial charge on any atom is -0.460 e. The summed E-state index contributed by atoms with van der Waals surface area (Å²) in [6.45, 7) is 6.07. The predicted molar refractivity (Wildman–Crippen MR) is 92.7 cm³/mol. The maximum Gasteiger partial charge on any atom is 0.344 e. The highest BCUT2D eigenvalue weighted by molar-refractivity contribution is 5.90. The first-order chi connectivity index (χ1) is 11.9. The minimum atomic E-state index is -0.598. The Morgan fingerprint density at radius 3 is 2.52 bits per heavy atom. The molecule has 1 aliphatic rings. The van der Waals surface area contributed by atoms with Gasteiger partial charge in [0.25, 0.3) is 0 Å². The molecule has 2 rings (SSSR count). The smallest absolute Gasteiger partial charge is 0.344 e. The lowest BCUT2D eigenvalue weighted by molar-refractivity contribution is -0.159. The van der Waals surface area contributed by atoms with Gasteiger partial charge in [-0.2, -0.15) is 5.26 Å². The molecular weight excluding hydrogens is 318 g/mol. The molecule has 1 saturated carbocycles. The second-order valence-electron chi connectivity index (χ2n) is 7.12. The Morgan fingerprint density at radius 2 is 1.92 bits per heavy atom. The lowest BCUT2D eigenvalue weighted by Gasteiger charge is -2.36. The van der Waals surface area contributed by atoms with Crippen LogP contribution in [0.3, 0.4) is 0 Å². The van der Waals surface area contributed by atoms with Crippen molar-refractivity contribution in [3.63, 3.8) is 0 Å². The van der Waals surface area contributed by atoms with Gasteiger partial charge >= 0.3 is 11.9 Å². The van der Waals surface area contributed by atoms with E-state index in [1.807, 2.05) is 6.07 Å². The van der Waals surface area contributed by atoms with Crippen LogP contribution >= 0.6 is 0 Å². The fraction of sp³-hybridized carbons (Fsp3) is 0.550. The van der Waals surface area contributed by atoms with E-state index in [0.29, 0.717) is 28.9 Å². The minimum absolute atomic E-state index is 0.107. The molecule has 0 aromatic heterocycles. The SMILES string of the molecule is CC(C)[C@H]1CC[C@H](C)C[C@@H]1OC(=O)COC(=O)c1ccc(C#N)cc1. The van der Waals surface area contributed by atoms with Crippen molar-refractivity contribution in [3.8, 4) is 6.07 Å². The normalized spacial score (nSPS) is 22.9. The Morgan fingerprint density at radius 1 is 1.24 bits per heavy atom. The monoisotopic (exact) mass is 343 g/mol. The molecule has 0 N–H and O–H groups in total. The number of esters is 2. The van der Waals surface area contributed by atoms with Gasteiger partial charge in [0.05, 0.1) is 17.2 Å². The van der Waals surface area contributed by atoms with Gasteiger partial charge in [0.15, 0.2) is 6.61 Å². The van der Waals surface area contributed by atoms with Gasteiger partial charge in [0.2, 0.25) is 0 Å². The van der Waals surface area contributed by atoms with E-state index in [0.717, 1.165) is 19.3 Å². The maximum atomic E-state index is 12.1. The highest BCUT2D eigenvalue weighted by Gasteiger charge is 2.33. The molecular formula is C20H25NO4. The zero-order valence-corrected chi connectivity index (χ0v) is 15.0. The number of nitriles is 1. The molecule has 1 fully saturated rings. The molecule has 0 aliphatic heterocycles. The third-order valence-corrected chi connectivity index (χ3v) is 4.81. The van der Waals surface area contributed by atoms with Crippen molar-refractivity contribution in [2.24, 2.45) is 17.8 Å². The van der Waals surface area contributed by atoms with E-state index in [1.165, 1.54) is 24.3 Å². The van der Waals surface area contributed by atoms with Crippen LogP contribution in [0.1, 0.15) is 56.0 Å². The van der Waals surface area contributed by atoms with E-state index < -0.39 is 18.5 Å². The fourth-order valence-corrected chi connectivity index (χ4v) is 3.34. The van der Waals surface area contributed by atoms with E-state index in [4.69, 9.17) is 14.7 Å². The molecule has 3 atom stereocenters. The number of hydrogen-bond donors (Lipinski definition) is 0. The first kappa shape index (κ1) is 19.0. The van der Waals surface area contributed by atoms with Crippen LogP contribution in [0, 0.1) is 29.1 Å². The lowest BCUT2D eigenvalue weighted by atomic mass is 9.75. The zero-order chi connectivity index (χ0) is 18.4. The van der Waals surface area contributed by atoms with Crippen LogP contribution in [0.25, 0.3) is 0 Å². The Balaban J connectivity index is 1.86. The van der Waals surface area contributed by atoms with Gasteiger partial charge in [-0.15, -0.1) is 0 Å². The first-order valence-corrected chi connectivity index (χ1v) is 8.77. The van der Waals surface area contributed by atoms with Gasteiger partial charge in [-0.3, -0.25) is 0 Å². The number of carbonyl (C=O) groups is 2. The van der Waals surface area contributed by atoms with Crippen LogP contribution in [0.15, 0.2) is 24.3 Å². The Bertz CT molecular complexity index is 645. The largest absolute Gasteiger partial charge is 0.460 e. The van der Waals surface area contributed by atoms with Gasteiger partial charge in [0, 0.05) is 0 Å². The molecule has 25 heavy (non-hydrogen) atoms. The molecule has 1 aromatic rings. The van der Waals surface area contributed by atoms with Crippen molar-refractivity contribution in [3.05, 3.63) is 35.4 Å². The molecule has 1 aliphatic carbocycles. The third-order valence-electron chi connectivity index (χ3n) is 4.81. The van der Waals surface area contributed by atoms with Gasteiger partial charge in [-0.05, 0) is 54.9 Å². The quantitative estimate of drug-likeness (QED) is 0.762. The number of carbonyl (C=O) groups excluding carboxylic acids is 2. The molecule has 0 unspecified atom stereocenters. The second kappa shape index (κ2) is 8.66. The van der Waals surface area contributed by atoms with E-state index in [-0.39, 0.29) is 6.10 Å². The van der Waals surface area contributed by atoms with E-state index >= 15 is 0 Å². The average Bonchev–Trinajstić information content (AvgIpc) is 2.59. The highest BCUT2D eigenvalue weighted by Crippen LogP contribution is 2.35. The van der Waals surface area contributed by atoms with Crippen LogP contribution in [0.5, 0.6) is 0 Å². The van der Waals surface area contributed by atoms with Crippen LogP contribution in [-0.4, -0.2) is 24.6 Å². The summed E-state index contributed by atoms with van der Waals surface area (Å²) in [5, 5.41) is 8.75. The van der Waals surface area contributed by atoms with Crippen LogP contribution in [0.2, 0.25) is 0 Å². The van der Waals surface area contributed by atoms with E-state index in [9.17, 15) is 9.59 Å². The Hall–Kier alpha value is -2.35. The first-order valence-electron chi connectivity index (χ1n) is 8.77. The van der Waals surface area contributed by atoms with Gasteiger partial charge < -0.3 is 9.47 Å². The van der Waals surface area contributed by atoms with Gasteiger partial charge in [-0.1, -0.05) is 27.2 Å². The molecule has 0 radical (unpaired) electrons. The predicted octanol–water partition coefficient (Wildman–Crippen LogP) is 3.72. The molecule has 1 aromatic carbocycles. The molecule has 0 spiro atoms. The lowest BCUT2D eigenvalue weighted by Crippen LogP contribution is -2.36. The summed E-state index contributed by atoms with van der Waals surface area (Å²) < 4.78 is 10.6. The summed E-state index contributed by atoms with van der Waals surface area (Å²) in [6.07, 6.45) is 2.97. The molecule has 134 valence electrons. The van der Waals surface area contributed by atoms with Crippen LogP contribution < -0.4 is 0 Å². The Kier molecular flexibility index (Phi) is 6.58. The molecule has 5 nitrogen and oxygen atoms in total. The third kappa shape index (κ3) is 5.32. The van der Waals surface area contributed by atoms with Crippen molar-refractivity contribution in [1.82, 2.24) is 0 Å². The maximum absolute atomic E-state index is 12.1. The summed E-state index contributed by atoms with van der Waals surface area (Å²) in [5.74, 6) is 0.237. The summed E-state index contributed by atoms with van der Waals surface area (Å²) in [4.78, 5) is 24.0. The number of rotatable bonds is 5. The molecule has 0 heterocycles. The Labute approximate surface area is 148 Å². The number of benzene rings is 1. The fourth-order valence-electron chi connectivity index (χ4n) is 3.34. The van der Waals surface area contributed by atoms with Crippen molar-refractivity contribution in [1.29, 1.82) is 5.26 Å². The molecule has 5 heteroatoms. The summed E-state index contributed by atoms with van der Waals surface area (Å²) in [5.41, 5.74) is 0.764. The number of hydrogen-bond acceptors (Lipinski definition) is 5. The van der Waals surface area contributed by atoms with Crippen molar-refractivity contribution in [2.45, 2.75) is 46.1 Å². The van der Waals surface area contributed by atoms with Gasteiger partial charge in [0.1, 0.15) is 6.10 Å². The second-order valence-corrected chi connectivity index (χ2v) is 7.12. The summed E-state index contributed by atoms with van der Waals surface area (Å²) in [6, 6.07) is 8.05. The van der Waals surface area contributed by atoms with Crippen molar-refractivity contribution < 1.29 is 19.1 Å². The molecule has 0 bridgehead atoms. The topological polar surface area (TPSA) is 76.4 Å². The van der Waals surface area contributed by atoms with Crippen molar-refractivity contribution >= 4 is 11.9 Å². The average molecular weight is 343 g/mol. The number of ether oxygens (including phenoxy) is 2. The number of nitrogens with zero attached hydrogens (tertiary/aromatic N) is 1. The van der Waals surface area contributed by atoms with E-state index in [2.05, 4.69) is 20.8 Å². The standard InChI is InChI=1S/C20H25NO4/c1-13(2)17-9-4-14(3)10-18(17)25-19(22)12-24-20(23)16-7-5-15(11-21)6-8-16/h5-8,13-14,17-18H,4,9-10,12H2,1-3H3/t14-,17+,18-/m0/s1. The van der Waals surface area contributed by atoms with Crippen LogP contribution in [-0.2, 0) is 14.3 Å². The van der Waals surface area contributed by atoms with Gasteiger partial charge in [-0.25, -0.2) is 9.59 Å².